The van der Waals surface area contributed by atoms with Gasteiger partial charge >= 0.3 is 0 Å². The zero-order chi connectivity index (χ0) is 10.5. The minimum absolute atomic E-state index is 0.216. The first-order chi connectivity index (χ1) is 6.91. The Hall–Kier alpha value is 0.130. The van der Waals surface area contributed by atoms with Gasteiger partial charge in [-0.1, -0.05) is 11.6 Å². The van der Waals surface area contributed by atoms with E-state index < -0.39 is 0 Å². The topological polar surface area (TPSA) is 36.9 Å². The molecule has 14 heavy (non-hydrogen) atoms. The largest absolute Gasteiger partial charge is 0.379 e. The first-order valence-corrected chi connectivity index (χ1v) is 5.32. The molecule has 0 saturated heterocycles. The molecule has 0 aliphatic carbocycles. The van der Waals surface area contributed by atoms with E-state index in [-0.39, 0.29) is 6.07 Å². The zero-order valence-electron chi connectivity index (χ0n) is 8.67. The molecule has 0 aliphatic heterocycles. The van der Waals surface area contributed by atoms with Crippen molar-refractivity contribution in [3.8, 4) is 0 Å². The maximum atomic E-state index is 5.30. The highest BCUT2D eigenvalue weighted by Crippen LogP contribution is 1.83. The third kappa shape index (κ3) is 12.1. The molecule has 0 aromatic rings. The summed E-state index contributed by atoms with van der Waals surface area (Å²) in [5, 5.41) is 0. The van der Waals surface area contributed by atoms with Gasteiger partial charge in [0.1, 0.15) is 6.07 Å². The summed E-state index contributed by atoms with van der Waals surface area (Å²) >= 11 is 5.30. The number of rotatable bonds is 11. The molecular weight excluding hydrogens is 208 g/mol. The van der Waals surface area contributed by atoms with E-state index in [1.54, 1.807) is 0 Å². The number of alkyl halides is 1. The number of hydrogen-bond acceptors (Lipinski definition) is 4. The Kier molecular flexibility index (Phi) is 13.3. The summed E-state index contributed by atoms with van der Waals surface area (Å²) in [4.78, 5) is 0. The van der Waals surface area contributed by atoms with Gasteiger partial charge in [0.15, 0.2) is 0 Å². The fourth-order valence-corrected chi connectivity index (χ4v) is 0.866. The zero-order valence-corrected chi connectivity index (χ0v) is 9.42. The Labute approximate surface area is 90.4 Å². The maximum Gasteiger partial charge on any atom is 0.120 e. The molecule has 0 bridgehead atoms. The standard InChI is InChI=1S/C9H19ClO4/c1-2-11-3-4-12-5-6-13-7-8-14-9-10/h2-9H2,1H3. The molecular formula is C9H19ClO4. The van der Waals surface area contributed by atoms with Gasteiger partial charge < -0.3 is 18.9 Å². The fraction of sp³-hybridized carbons (Fsp3) is 1.00. The van der Waals surface area contributed by atoms with Crippen LogP contribution in [-0.2, 0) is 18.9 Å². The van der Waals surface area contributed by atoms with Gasteiger partial charge in [0.2, 0.25) is 0 Å². The summed E-state index contributed by atoms with van der Waals surface area (Å²) in [6.07, 6.45) is 0. The van der Waals surface area contributed by atoms with Crippen molar-refractivity contribution in [3.05, 3.63) is 0 Å². The van der Waals surface area contributed by atoms with E-state index in [4.69, 9.17) is 30.5 Å². The lowest BCUT2D eigenvalue weighted by atomic mass is 10.7. The van der Waals surface area contributed by atoms with E-state index in [0.717, 1.165) is 6.61 Å². The normalized spacial score (nSPS) is 10.7. The van der Waals surface area contributed by atoms with Crippen molar-refractivity contribution in [2.45, 2.75) is 6.92 Å². The maximum absolute atomic E-state index is 5.30. The van der Waals surface area contributed by atoms with E-state index in [2.05, 4.69) is 0 Å². The summed E-state index contributed by atoms with van der Waals surface area (Å²) in [6.45, 7) is 6.21. The van der Waals surface area contributed by atoms with Crippen LogP contribution in [0.3, 0.4) is 0 Å². The molecule has 0 aromatic heterocycles. The third-order valence-electron chi connectivity index (χ3n) is 1.40. The van der Waals surface area contributed by atoms with E-state index in [1.165, 1.54) is 0 Å². The van der Waals surface area contributed by atoms with Crippen LogP contribution < -0.4 is 0 Å². The highest BCUT2D eigenvalue weighted by Gasteiger charge is 1.90. The molecule has 86 valence electrons. The molecule has 0 rings (SSSR count). The molecule has 0 aliphatic rings. The van der Waals surface area contributed by atoms with Crippen molar-refractivity contribution in [2.24, 2.45) is 0 Å². The second kappa shape index (κ2) is 13.1. The Balaban J connectivity index is 2.78. The van der Waals surface area contributed by atoms with Crippen LogP contribution in [0.2, 0.25) is 0 Å². The Morgan fingerprint density at radius 1 is 0.714 bits per heavy atom. The Morgan fingerprint density at radius 3 is 1.57 bits per heavy atom. The molecule has 5 heteroatoms. The van der Waals surface area contributed by atoms with Crippen molar-refractivity contribution >= 4 is 11.6 Å². The summed E-state index contributed by atoms with van der Waals surface area (Å²) in [5.74, 6) is 0. The number of halogens is 1. The highest BCUT2D eigenvalue weighted by atomic mass is 35.5. The fourth-order valence-electron chi connectivity index (χ4n) is 0.757. The van der Waals surface area contributed by atoms with Gasteiger partial charge in [0.05, 0.1) is 39.6 Å². The smallest absolute Gasteiger partial charge is 0.120 e. The monoisotopic (exact) mass is 226 g/mol. The molecule has 0 unspecified atom stereocenters. The average Bonchev–Trinajstić information content (AvgIpc) is 2.21. The van der Waals surface area contributed by atoms with Crippen molar-refractivity contribution in [2.75, 3.05) is 52.3 Å². The number of ether oxygens (including phenoxy) is 4. The van der Waals surface area contributed by atoms with Crippen LogP contribution in [0.4, 0.5) is 0 Å². The predicted octanol–water partition coefficient (Wildman–Crippen LogP) is 1.27. The summed E-state index contributed by atoms with van der Waals surface area (Å²) < 4.78 is 20.4. The molecule has 0 amide bonds. The van der Waals surface area contributed by atoms with Gasteiger partial charge in [-0.3, -0.25) is 0 Å². The Morgan fingerprint density at radius 2 is 1.14 bits per heavy atom. The second-order valence-corrected chi connectivity index (χ2v) is 2.66. The first-order valence-electron chi connectivity index (χ1n) is 4.78. The molecule has 0 aromatic carbocycles. The summed E-state index contributed by atoms with van der Waals surface area (Å²) in [5.41, 5.74) is 0. The molecule has 0 spiro atoms. The lowest BCUT2D eigenvalue weighted by Crippen LogP contribution is -2.11. The van der Waals surface area contributed by atoms with Gasteiger partial charge in [-0.25, -0.2) is 0 Å². The van der Waals surface area contributed by atoms with Gasteiger partial charge in [-0.15, -0.1) is 0 Å². The lowest BCUT2D eigenvalue weighted by Gasteiger charge is -2.05. The van der Waals surface area contributed by atoms with E-state index in [1.807, 2.05) is 6.92 Å². The third-order valence-corrected chi connectivity index (χ3v) is 1.55. The lowest BCUT2D eigenvalue weighted by molar-refractivity contribution is 0.00384. The van der Waals surface area contributed by atoms with Crippen LogP contribution in [-0.4, -0.2) is 52.3 Å². The van der Waals surface area contributed by atoms with Crippen LogP contribution in [0.15, 0.2) is 0 Å². The summed E-state index contributed by atoms with van der Waals surface area (Å²) in [6, 6.07) is 0.216. The van der Waals surface area contributed by atoms with Gasteiger partial charge in [0.25, 0.3) is 0 Å². The minimum atomic E-state index is 0.216. The van der Waals surface area contributed by atoms with Gasteiger partial charge in [0, 0.05) is 6.61 Å². The van der Waals surface area contributed by atoms with Crippen molar-refractivity contribution in [1.29, 1.82) is 0 Å². The number of hydrogen-bond donors (Lipinski definition) is 0. The van der Waals surface area contributed by atoms with E-state index in [0.29, 0.717) is 39.6 Å². The van der Waals surface area contributed by atoms with Crippen LogP contribution in [0.5, 0.6) is 0 Å². The average molecular weight is 227 g/mol. The molecule has 4 nitrogen and oxygen atoms in total. The SMILES string of the molecule is CCOCCOCCOCCOCCl. The molecule has 0 radical (unpaired) electrons. The molecule has 0 saturated carbocycles. The van der Waals surface area contributed by atoms with Gasteiger partial charge in [-0.2, -0.15) is 0 Å². The first kappa shape index (κ1) is 14.1. The van der Waals surface area contributed by atoms with Crippen LogP contribution >= 0.6 is 11.6 Å². The molecule has 0 heterocycles. The van der Waals surface area contributed by atoms with E-state index >= 15 is 0 Å². The van der Waals surface area contributed by atoms with Crippen LogP contribution in [0.1, 0.15) is 6.92 Å². The predicted molar refractivity (Wildman–Crippen MR) is 54.8 cm³/mol. The molecule has 0 fully saturated rings. The Bertz CT molecular complexity index is 90.8. The van der Waals surface area contributed by atoms with Crippen LogP contribution in [0, 0.1) is 0 Å². The van der Waals surface area contributed by atoms with Gasteiger partial charge in [-0.05, 0) is 6.92 Å². The van der Waals surface area contributed by atoms with Crippen LogP contribution in [0.25, 0.3) is 0 Å². The van der Waals surface area contributed by atoms with Crippen molar-refractivity contribution in [1.82, 2.24) is 0 Å². The molecule has 0 N–H and O–H groups in total. The van der Waals surface area contributed by atoms with Crippen molar-refractivity contribution < 1.29 is 18.9 Å². The quantitative estimate of drug-likeness (QED) is 0.393. The second-order valence-electron chi connectivity index (χ2n) is 2.44. The van der Waals surface area contributed by atoms with Crippen molar-refractivity contribution in [3.63, 3.8) is 0 Å². The minimum Gasteiger partial charge on any atom is -0.379 e. The van der Waals surface area contributed by atoms with E-state index in [9.17, 15) is 0 Å². The summed E-state index contributed by atoms with van der Waals surface area (Å²) in [7, 11) is 0. The highest BCUT2D eigenvalue weighted by molar-refractivity contribution is 6.17. The molecule has 0 atom stereocenters.